The number of anilines is 1. The molecule has 0 aliphatic heterocycles. The number of sulfonamides is 1. The maximum Gasteiger partial charge on any atom is 0.416 e. The topological polar surface area (TPSA) is 110 Å². The Morgan fingerprint density at radius 2 is 1.80 bits per heavy atom. The minimum absolute atomic E-state index is 0.0229. The van der Waals surface area contributed by atoms with Gasteiger partial charge >= 0.3 is 6.18 Å². The molecule has 1 amide bonds. The van der Waals surface area contributed by atoms with Gasteiger partial charge < -0.3 is 10.1 Å². The van der Waals surface area contributed by atoms with Crippen LogP contribution in [0.1, 0.15) is 46.3 Å². The molecule has 2 N–H and O–H groups in total. The van der Waals surface area contributed by atoms with E-state index < -0.39 is 27.7 Å². The third kappa shape index (κ3) is 6.69. The molecular formula is C22H23F3N4O4S2. The average molecular weight is 529 g/mol. The minimum atomic E-state index is -4.55. The molecule has 0 radical (unpaired) electrons. The van der Waals surface area contributed by atoms with Crippen molar-refractivity contribution in [3.8, 4) is 5.75 Å². The van der Waals surface area contributed by atoms with Gasteiger partial charge in [-0.15, -0.1) is 10.2 Å². The summed E-state index contributed by atoms with van der Waals surface area (Å²) in [6.07, 6.45) is -4.18. The fraction of sp³-hybridized carbons (Fsp3) is 0.318. The Labute approximate surface area is 204 Å². The first-order valence-corrected chi connectivity index (χ1v) is 12.7. The summed E-state index contributed by atoms with van der Waals surface area (Å²) in [4.78, 5) is 12.5. The van der Waals surface area contributed by atoms with Gasteiger partial charge in [0.25, 0.3) is 15.9 Å². The van der Waals surface area contributed by atoms with E-state index in [1.54, 1.807) is 12.1 Å². The van der Waals surface area contributed by atoms with Crippen LogP contribution < -0.4 is 14.8 Å². The molecule has 0 unspecified atom stereocenters. The van der Waals surface area contributed by atoms with Crippen molar-refractivity contribution in [3.63, 3.8) is 0 Å². The van der Waals surface area contributed by atoms with Crippen LogP contribution in [0, 0.1) is 0 Å². The highest BCUT2D eigenvalue weighted by atomic mass is 32.2. The van der Waals surface area contributed by atoms with Gasteiger partial charge in [-0.2, -0.15) is 13.2 Å². The number of hydrogen-bond donors (Lipinski definition) is 2. The molecule has 0 fully saturated rings. The number of aromatic nitrogens is 2. The third-order valence-corrected chi connectivity index (χ3v) is 7.49. The second-order valence-electron chi connectivity index (χ2n) is 7.77. The first-order valence-electron chi connectivity index (χ1n) is 10.4. The van der Waals surface area contributed by atoms with Gasteiger partial charge in [0, 0.05) is 12.5 Å². The van der Waals surface area contributed by atoms with Crippen LogP contribution in [-0.4, -0.2) is 38.2 Å². The van der Waals surface area contributed by atoms with Gasteiger partial charge in [0.2, 0.25) is 5.13 Å². The molecule has 35 heavy (non-hydrogen) atoms. The lowest BCUT2D eigenvalue weighted by atomic mass is 10.1. The van der Waals surface area contributed by atoms with Crippen molar-refractivity contribution in [1.82, 2.24) is 15.5 Å². The number of halogens is 3. The van der Waals surface area contributed by atoms with Gasteiger partial charge in [0.05, 0.1) is 23.1 Å². The van der Waals surface area contributed by atoms with Gasteiger partial charge in [0.15, 0.2) is 0 Å². The summed E-state index contributed by atoms with van der Waals surface area (Å²) < 4.78 is 71.1. The quantitative estimate of drug-likeness (QED) is 0.424. The lowest BCUT2D eigenvalue weighted by molar-refractivity contribution is -0.137. The van der Waals surface area contributed by atoms with E-state index in [0.717, 1.165) is 35.1 Å². The molecule has 1 heterocycles. The fourth-order valence-electron chi connectivity index (χ4n) is 2.99. The number of amides is 1. The van der Waals surface area contributed by atoms with Crippen LogP contribution in [0.15, 0.2) is 47.4 Å². The van der Waals surface area contributed by atoms with Crippen molar-refractivity contribution >= 4 is 32.4 Å². The summed E-state index contributed by atoms with van der Waals surface area (Å²) in [6.45, 7) is 4.04. The van der Waals surface area contributed by atoms with Crippen molar-refractivity contribution in [1.29, 1.82) is 0 Å². The van der Waals surface area contributed by atoms with E-state index in [9.17, 15) is 26.4 Å². The van der Waals surface area contributed by atoms with E-state index in [-0.39, 0.29) is 33.8 Å². The maximum atomic E-state index is 12.9. The number of rotatable bonds is 9. The highest BCUT2D eigenvalue weighted by Gasteiger charge is 2.31. The Hall–Kier alpha value is -3.19. The number of hydrogen-bond acceptors (Lipinski definition) is 7. The molecule has 13 heteroatoms. The predicted molar refractivity (Wildman–Crippen MR) is 125 cm³/mol. The van der Waals surface area contributed by atoms with E-state index in [0.29, 0.717) is 11.4 Å². The van der Waals surface area contributed by atoms with Gasteiger partial charge in [0.1, 0.15) is 10.8 Å². The molecule has 8 nitrogen and oxygen atoms in total. The second kappa shape index (κ2) is 10.6. The molecule has 0 atom stereocenters. The average Bonchev–Trinajstić information content (AvgIpc) is 3.26. The lowest BCUT2D eigenvalue weighted by Gasteiger charge is -2.13. The molecule has 0 saturated heterocycles. The van der Waals surface area contributed by atoms with Gasteiger partial charge in [-0.3, -0.25) is 9.52 Å². The zero-order chi connectivity index (χ0) is 25.8. The molecule has 0 bridgehead atoms. The lowest BCUT2D eigenvalue weighted by Crippen LogP contribution is -2.26. The SMILES string of the molecule is COc1cc(C(F)(F)F)ccc1C(=O)NCCc1ccc(S(=O)(=O)Nc2nnc(C(C)C)s2)cc1. The van der Waals surface area contributed by atoms with Crippen LogP contribution in [0.3, 0.4) is 0 Å². The Balaban J connectivity index is 1.59. The Morgan fingerprint density at radius 1 is 1.11 bits per heavy atom. The molecule has 0 saturated carbocycles. The maximum absolute atomic E-state index is 12.9. The highest BCUT2D eigenvalue weighted by molar-refractivity contribution is 7.93. The summed E-state index contributed by atoms with van der Waals surface area (Å²) in [5, 5.41) is 11.3. The summed E-state index contributed by atoms with van der Waals surface area (Å²) in [5.41, 5.74) is -0.186. The van der Waals surface area contributed by atoms with Crippen molar-refractivity contribution in [3.05, 3.63) is 64.2 Å². The van der Waals surface area contributed by atoms with E-state index in [1.807, 2.05) is 13.8 Å². The Bertz CT molecular complexity index is 1290. The van der Waals surface area contributed by atoms with Gasteiger partial charge in [-0.1, -0.05) is 37.3 Å². The number of benzene rings is 2. The number of carbonyl (C=O) groups is 1. The van der Waals surface area contributed by atoms with Gasteiger partial charge in [-0.05, 0) is 42.3 Å². The first kappa shape index (κ1) is 26.4. The molecule has 188 valence electrons. The monoisotopic (exact) mass is 528 g/mol. The fourth-order valence-corrected chi connectivity index (χ4v) is 4.96. The number of ether oxygens (including phenoxy) is 1. The molecule has 2 aromatic carbocycles. The summed E-state index contributed by atoms with van der Waals surface area (Å²) in [7, 11) is -2.65. The molecular weight excluding hydrogens is 505 g/mol. The third-order valence-electron chi connectivity index (χ3n) is 4.86. The molecule has 0 aliphatic rings. The number of carbonyl (C=O) groups excluding carboxylic acids is 1. The van der Waals surface area contributed by atoms with E-state index in [1.165, 1.54) is 19.2 Å². The minimum Gasteiger partial charge on any atom is -0.496 e. The predicted octanol–water partition coefficient (Wildman–Crippen LogP) is 4.46. The zero-order valence-corrected chi connectivity index (χ0v) is 20.6. The Kier molecular flexibility index (Phi) is 8.00. The van der Waals surface area contributed by atoms with Crippen LogP contribution in [0.2, 0.25) is 0 Å². The summed E-state index contributed by atoms with van der Waals surface area (Å²) in [6, 6.07) is 8.74. The molecule has 0 spiro atoms. The number of alkyl halides is 3. The van der Waals surface area contributed by atoms with Crippen molar-refractivity contribution in [2.75, 3.05) is 18.4 Å². The smallest absolute Gasteiger partial charge is 0.416 e. The highest BCUT2D eigenvalue weighted by Crippen LogP contribution is 2.33. The number of nitrogens with one attached hydrogen (secondary N) is 2. The van der Waals surface area contributed by atoms with Crippen molar-refractivity contribution in [2.24, 2.45) is 0 Å². The standard InChI is InChI=1S/C22H23F3N4O4S2/c1-13(2)20-27-28-21(34-20)29-35(31,32)16-7-4-14(5-8-16)10-11-26-19(30)17-9-6-15(22(23,24)25)12-18(17)33-3/h4-9,12-13H,10-11H2,1-3H3,(H,26,30)(H,28,29). The molecule has 3 aromatic rings. The normalized spacial score (nSPS) is 12.0. The molecule has 3 rings (SSSR count). The number of methoxy groups -OCH3 is 1. The first-order chi connectivity index (χ1) is 16.4. The van der Waals surface area contributed by atoms with Crippen LogP contribution in [-0.2, 0) is 22.6 Å². The largest absolute Gasteiger partial charge is 0.496 e. The second-order valence-corrected chi connectivity index (χ2v) is 10.5. The summed E-state index contributed by atoms with van der Waals surface area (Å²) >= 11 is 1.16. The summed E-state index contributed by atoms with van der Waals surface area (Å²) in [5.74, 6) is -0.641. The number of nitrogens with zero attached hydrogens (tertiary/aromatic N) is 2. The van der Waals surface area contributed by atoms with Crippen LogP contribution in [0.25, 0.3) is 0 Å². The van der Waals surface area contributed by atoms with Gasteiger partial charge in [-0.25, -0.2) is 8.42 Å². The van der Waals surface area contributed by atoms with Crippen LogP contribution >= 0.6 is 11.3 Å². The Morgan fingerprint density at radius 3 is 2.37 bits per heavy atom. The van der Waals surface area contributed by atoms with Crippen LogP contribution in [0.5, 0.6) is 5.75 Å². The van der Waals surface area contributed by atoms with Crippen LogP contribution in [0.4, 0.5) is 18.3 Å². The molecule has 0 aliphatic carbocycles. The van der Waals surface area contributed by atoms with Crippen molar-refractivity contribution in [2.45, 2.75) is 37.3 Å². The van der Waals surface area contributed by atoms with Crippen molar-refractivity contribution < 1.29 is 31.1 Å². The van der Waals surface area contributed by atoms with E-state index >= 15 is 0 Å². The van der Waals surface area contributed by atoms with E-state index in [4.69, 9.17) is 4.74 Å². The zero-order valence-electron chi connectivity index (χ0n) is 19.0. The van der Waals surface area contributed by atoms with E-state index in [2.05, 4.69) is 20.2 Å². The molecule has 1 aromatic heterocycles.